The summed E-state index contributed by atoms with van der Waals surface area (Å²) in [5.41, 5.74) is 9.07. The molecule has 0 aliphatic rings. The number of benzene rings is 1. The van der Waals surface area contributed by atoms with Crippen LogP contribution in [0.15, 0.2) is 12.1 Å². The van der Waals surface area contributed by atoms with Crippen LogP contribution in [0.25, 0.3) is 10.9 Å². The summed E-state index contributed by atoms with van der Waals surface area (Å²) in [6.45, 7) is 3.95. The second kappa shape index (κ2) is 4.00. The van der Waals surface area contributed by atoms with Crippen molar-refractivity contribution in [3.05, 3.63) is 28.4 Å². The quantitative estimate of drug-likeness (QED) is 0.845. The maximum absolute atomic E-state index is 6.30. The average Bonchev–Trinajstić information content (AvgIpc) is 2.56. The molecule has 0 saturated carbocycles. The average molecular weight is 239 g/mol. The van der Waals surface area contributed by atoms with Crippen molar-refractivity contribution in [1.29, 1.82) is 0 Å². The highest BCUT2D eigenvalue weighted by atomic mass is 35.5. The summed E-state index contributed by atoms with van der Waals surface area (Å²) in [5, 5.41) is 1.59. The molecule has 0 amide bonds. The van der Waals surface area contributed by atoms with Crippen LogP contribution in [0.4, 0.5) is 0 Å². The van der Waals surface area contributed by atoms with E-state index in [0.717, 1.165) is 22.2 Å². The number of nitrogens with two attached hydrogens (primary N) is 1. The standard InChI is InChI=1S/C12H15ClN2O/c1-6(14)10-7(2)15-8-4-5-9(16-3)12(13)11(8)10/h4-6,15H,14H2,1-3H3. The number of fused-ring (bicyclic) bond motifs is 1. The lowest BCUT2D eigenvalue weighted by atomic mass is 10.0. The first-order valence-electron chi connectivity index (χ1n) is 5.16. The van der Waals surface area contributed by atoms with Crippen LogP contribution in [0.1, 0.15) is 24.2 Å². The van der Waals surface area contributed by atoms with Crippen LogP contribution in [0, 0.1) is 6.92 Å². The van der Waals surface area contributed by atoms with E-state index < -0.39 is 0 Å². The van der Waals surface area contributed by atoms with Gasteiger partial charge < -0.3 is 15.5 Å². The van der Waals surface area contributed by atoms with Crippen molar-refractivity contribution in [3.8, 4) is 5.75 Å². The summed E-state index contributed by atoms with van der Waals surface area (Å²) in [6.07, 6.45) is 0. The molecule has 0 aliphatic carbocycles. The van der Waals surface area contributed by atoms with Gasteiger partial charge in [-0.2, -0.15) is 0 Å². The van der Waals surface area contributed by atoms with Crippen molar-refractivity contribution in [2.24, 2.45) is 5.73 Å². The Morgan fingerprint density at radius 2 is 2.12 bits per heavy atom. The number of H-pyrrole nitrogens is 1. The van der Waals surface area contributed by atoms with Crippen LogP contribution in [0.5, 0.6) is 5.75 Å². The zero-order valence-electron chi connectivity index (χ0n) is 9.60. The van der Waals surface area contributed by atoms with Gasteiger partial charge in [0.25, 0.3) is 0 Å². The fourth-order valence-corrected chi connectivity index (χ4v) is 2.45. The van der Waals surface area contributed by atoms with Gasteiger partial charge in [-0.05, 0) is 31.5 Å². The first-order valence-corrected chi connectivity index (χ1v) is 5.54. The van der Waals surface area contributed by atoms with Crippen molar-refractivity contribution < 1.29 is 4.74 Å². The molecule has 4 heteroatoms. The summed E-state index contributed by atoms with van der Waals surface area (Å²) in [6, 6.07) is 3.75. The summed E-state index contributed by atoms with van der Waals surface area (Å²) in [7, 11) is 1.61. The van der Waals surface area contributed by atoms with Crippen LogP contribution < -0.4 is 10.5 Å². The van der Waals surface area contributed by atoms with E-state index in [1.54, 1.807) is 7.11 Å². The predicted octanol–water partition coefficient (Wildman–Crippen LogP) is 3.16. The highest BCUT2D eigenvalue weighted by molar-refractivity contribution is 6.37. The highest BCUT2D eigenvalue weighted by Gasteiger charge is 2.17. The number of nitrogens with one attached hydrogen (secondary N) is 1. The number of aromatic nitrogens is 1. The van der Waals surface area contributed by atoms with E-state index in [4.69, 9.17) is 22.1 Å². The van der Waals surface area contributed by atoms with Gasteiger partial charge in [-0.1, -0.05) is 11.6 Å². The Morgan fingerprint density at radius 3 is 2.69 bits per heavy atom. The van der Waals surface area contributed by atoms with Gasteiger partial charge in [-0.25, -0.2) is 0 Å². The van der Waals surface area contributed by atoms with Gasteiger partial charge in [0, 0.05) is 22.6 Å². The number of halogens is 1. The summed E-state index contributed by atoms with van der Waals surface area (Å²) < 4.78 is 5.21. The third-order valence-electron chi connectivity index (χ3n) is 2.78. The third kappa shape index (κ3) is 1.56. The maximum atomic E-state index is 6.30. The van der Waals surface area contributed by atoms with E-state index in [1.165, 1.54) is 0 Å². The minimum Gasteiger partial charge on any atom is -0.495 e. The molecule has 3 N–H and O–H groups in total. The minimum absolute atomic E-state index is 0.0571. The fraction of sp³-hybridized carbons (Fsp3) is 0.333. The molecule has 2 aromatic rings. The molecule has 0 fully saturated rings. The Bertz CT molecular complexity index is 531. The van der Waals surface area contributed by atoms with E-state index in [9.17, 15) is 0 Å². The number of rotatable bonds is 2. The van der Waals surface area contributed by atoms with Crippen molar-refractivity contribution in [1.82, 2.24) is 4.98 Å². The smallest absolute Gasteiger partial charge is 0.138 e. The third-order valence-corrected chi connectivity index (χ3v) is 3.15. The molecule has 86 valence electrons. The van der Waals surface area contributed by atoms with Crippen LogP contribution in [0.2, 0.25) is 5.02 Å². The lowest BCUT2D eigenvalue weighted by Gasteiger charge is -2.08. The van der Waals surface area contributed by atoms with E-state index in [0.29, 0.717) is 10.8 Å². The number of aromatic amines is 1. The van der Waals surface area contributed by atoms with Gasteiger partial charge in [-0.15, -0.1) is 0 Å². The Hall–Kier alpha value is -1.19. The first-order chi connectivity index (χ1) is 7.56. The lowest BCUT2D eigenvalue weighted by molar-refractivity contribution is 0.415. The zero-order chi connectivity index (χ0) is 11.9. The minimum atomic E-state index is -0.0571. The van der Waals surface area contributed by atoms with Gasteiger partial charge in [0.05, 0.1) is 12.1 Å². The monoisotopic (exact) mass is 238 g/mol. The van der Waals surface area contributed by atoms with E-state index in [2.05, 4.69) is 4.98 Å². The molecule has 0 radical (unpaired) electrons. The van der Waals surface area contributed by atoms with Gasteiger partial charge in [0.15, 0.2) is 0 Å². The van der Waals surface area contributed by atoms with Crippen molar-refractivity contribution in [2.75, 3.05) is 7.11 Å². The second-order valence-corrected chi connectivity index (χ2v) is 4.33. The fourth-order valence-electron chi connectivity index (χ4n) is 2.11. The molecule has 2 rings (SSSR count). The van der Waals surface area contributed by atoms with Crippen LogP contribution >= 0.6 is 11.6 Å². The predicted molar refractivity (Wildman–Crippen MR) is 67.2 cm³/mol. The van der Waals surface area contributed by atoms with Gasteiger partial charge in [-0.3, -0.25) is 0 Å². The zero-order valence-corrected chi connectivity index (χ0v) is 10.4. The van der Waals surface area contributed by atoms with E-state index in [-0.39, 0.29) is 6.04 Å². The molecule has 0 saturated heterocycles. The summed E-state index contributed by atoms with van der Waals surface area (Å²) in [5.74, 6) is 0.676. The normalized spacial score (nSPS) is 13.1. The number of hydrogen-bond acceptors (Lipinski definition) is 2. The number of ether oxygens (including phenoxy) is 1. The molecule has 3 nitrogen and oxygen atoms in total. The van der Waals surface area contributed by atoms with Crippen LogP contribution in [0.3, 0.4) is 0 Å². The Balaban J connectivity index is 2.84. The first kappa shape index (κ1) is 11.3. The molecule has 1 aromatic carbocycles. The van der Waals surface area contributed by atoms with Gasteiger partial charge >= 0.3 is 0 Å². The number of methoxy groups -OCH3 is 1. The van der Waals surface area contributed by atoms with Crippen LogP contribution in [-0.4, -0.2) is 12.1 Å². The molecular weight excluding hydrogens is 224 g/mol. The Kier molecular flexibility index (Phi) is 2.82. The Labute approximate surface area is 99.5 Å². The van der Waals surface area contributed by atoms with Crippen molar-refractivity contribution in [2.45, 2.75) is 19.9 Å². The molecule has 1 atom stereocenters. The van der Waals surface area contributed by atoms with E-state index >= 15 is 0 Å². The van der Waals surface area contributed by atoms with Crippen LogP contribution in [-0.2, 0) is 0 Å². The molecule has 1 unspecified atom stereocenters. The molecule has 0 spiro atoms. The van der Waals surface area contributed by atoms with Gasteiger partial charge in [0.2, 0.25) is 0 Å². The maximum Gasteiger partial charge on any atom is 0.138 e. The number of aryl methyl sites for hydroxylation is 1. The summed E-state index contributed by atoms with van der Waals surface area (Å²) in [4.78, 5) is 3.28. The molecule has 1 heterocycles. The highest BCUT2D eigenvalue weighted by Crippen LogP contribution is 2.37. The van der Waals surface area contributed by atoms with Crippen molar-refractivity contribution in [3.63, 3.8) is 0 Å². The lowest BCUT2D eigenvalue weighted by Crippen LogP contribution is -2.05. The molecule has 16 heavy (non-hydrogen) atoms. The topological polar surface area (TPSA) is 51.0 Å². The molecule has 0 aliphatic heterocycles. The second-order valence-electron chi connectivity index (χ2n) is 3.96. The summed E-state index contributed by atoms with van der Waals surface area (Å²) >= 11 is 6.30. The largest absolute Gasteiger partial charge is 0.495 e. The molecular formula is C12H15ClN2O. The SMILES string of the molecule is COc1ccc2[nH]c(C)c(C(C)N)c2c1Cl. The Morgan fingerprint density at radius 1 is 1.44 bits per heavy atom. The number of hydrogen-bond donors (Lipinski definition) is 2. The molecule has 0 bridgehead atoms. The molecule has 1 aromatic heterocycles. The van der Waals surface area contributed by atoms with Crippen molar-refractivity contribution >= 4 is 22.5 Å². The van der Waals surface area contributed by atoms with Gasteiger partial charge in [0.1, 0.15) is 5.75 Å². The van der Waals surface area contributed by atoms with E-state index in [1.807, 2.05) is 26.0 Å².